The average molecular weight is 273 g/mol. The predicted octanol–water partition coefficient (Wildman–Crippen LogP) is 2.31. The van der Waals surface area contributed by atoms with Crippen LogP contribution in [0.1, 0.15) is 23.5 Å². The number of benzene rings is 1. The lowest BCUT2D eigenvalue weighted by Crippen LogP contribution is -2.11. The van der Waals surface area contributed by atoms with Crippen molar-refractivity contribution in [3.05, 3.63) is 33.8 Å². The van der Waals surface area contributed by atoms with Crippen LogP contribution in [-0.2, 0) is 4.79 Å². The first-order valence-corrected chi connectivity index (χ1v) is 5.42. The van der Waals surface area contributed by atoms with Crippen molar-refractivity contribution < 1.29 is 15.0 Å². The molecule has 4 heteroatoms. The van der Waals surface area contributed by atoms with Crippen molar-refractivity contribution >= 4 is 21.9 Å². The van der Waals surface area contributed by atoms with Crippen LogP contribution in [0.2, 0.25) is 0 Å². The Morgan fingerprint density at radius 1 is 1.53 bits per heavy atom. The zero-order chi connectivity index (χ0) is 11.4. The number of hydrogen-bond acceptors (Lipinski definition) is 2. The van der Waals surface area contributed by atoms with Gasteiger partial charge in [0, 0.05) is 10.4 Å². The molecule has 1 aromatic carbocycles. The van der Waals surface area contributed by atoms with E-state index in [0.29, 0.717) is 0 Å². The molecule has 82 valence electrons. The quantitative estimate of drug-likeness (QED) is 0.885. The maximum absolute atomic E-state index is 10.6. The summed E-state index contributed by atoms with van der Waals surface area (Å²) < 4.78 is 0.895. The Bertz CT molecular complexity index is 363. The number of aliphatic carboxylic acids is 1. The van der Waals surface area contributed by atoms with Gasteiger partial charge < -0.3 is 10.2 Å². The van der Waals surface area contributed by atoms with Gasteiger partial charge in [0.15, 0.2) is 0 Å². The Morgan fingerprint density at radius 3 is 2.73 bits per heavy atom. The van der Waals surface area contributed by atoms with Gasteiger partial charge in [-0.1, -0.05) is 22.0 Å². The maximum atomic E-state index is 10.6. The molecule has 0 aliphatic rings. The molecule has 1 unspecified atom stereocenters. The van der Waals surface area contributed by atoms with Gasteiger partial charge in [0.1, 0.15) is 0 Å². The molecule has 0 aliphatic carbocycles. The fraction of sp³-hybridized carbons (Fsp3) is 0.364. The van der Waals surface area contributed by atoms with E-state index < -0.39 is 5.97 Å². The summed E-state index contributed by atoms with van der Waals surface area (Å²) in [5.74, 6) is -1.23. The second kappa shape index (κ2) is 5.28. The highest BCUT2D eigenvalue weighted by Gasteiger charge is 2.16. The molecule has 15 heavy (non-hydrogen) atoms. The Kier molecular flexibility index (Phi) is 4.29. The Labute approximate surface area is 96.9 Å². The Balaban J connectivity index is 3.00. The SMILES string of the molecule is Cc1ccc(Br)cc1C(CO)CC(=O)O. The third-order valence-corrected chi connectivity index (χ3v) is 2.82. The normalized spacial score (nSPS) is 12.5. The zero-order valence-electron chi connectivity index (χ0n) is 8.40. The maximum Gasteiger partial charge on any atom is 0.304 e. The largest absolute Gasteiger partial charge is 0.481 e. The molecule has 2 N–H and O–H groups in total. The molecule has 1 rings (SSSR count). The highest BCUT2D eigenvalue weighted by molar-refractivity contribution is 9.10. The highest BCUT2D eigenvalue weighted by atomic mass is 79.9. The summed E-state index contributed by atoms with van der Waals surface area (Å²) in [7, 11) is 0. The second-order valence-electron chi connectivity index (χ2n) is 3.48. The van der Waals surface area contributed by atoms with Crippen LogP contribution in [0.15, 0.2) is 22.7 Å². The number of carbonyl (C=O) groups is 1. The molecule has 0 spiro atoms. The van der Waals surface area contributed by atoms with Crippen molar-refractivity contribution in [2.24, 2.45) is 0 Å². The van der Waals surface area contributed by atoms with Crippen LogP contribution in [0.25, 0.3) is 0 Å². The van der Waals surface area contributed by atoms with Crippen LogP contribution in [0.3, 0.4) is 0 Å². The van der Waals surface area contributed by atoms with E-state index in [9.17, 15) is 4.79 Å². The van der Waals surface area contributed by atoms with E-state index in [1.165, 1.54) is 0 Å². The number of aliphatic hydroxyl groups excluding tert-OH is 1. The van der Waals surface area contributed by atoms with E-state index in [2.05, 4.69) is 15.9 Å². The summed E-state index contributed by atoms with van der Waals surface area (Å²) in [6.07, 6.45) is -0.0478. The minimum atomic E-state index is -0.895. The van der Waals surface area contributed by atoms with Crippen LogP contribution in [-0.4, -0.2) is 22.8 Å². The van der Waals surface area contributed by atoms with Crippen LogP contribution in [0.5, 0.6) is 0 Å². The molecule has 1 atom stereocenters. The molecular formula is C11H13BrO3. The van der Waals surface area contributed by atoms with E-state index in [-0.39, 0.29) is 18.9 Å². The minimum Gasteiger partial charge on any atom is -0.481 e. The third-order valence-electron chi connectivity index (χ3n) is 2.32. The second-order valence-corrected chi connectivity index (χ2v) is 4.39. The van der Waals surface area contributed by atoms with Crippen LogP contribution >= 0.6 is 15.9 Å². The van der Waals surface area contributed by atoms with Gasteiger partial charge in [-0.2, -0.15) is 0 Å². The predicted molar refractivity (Wildman–Crippen MR) is 61.0 cm³/mol. The standard InChI is InChI=1S/C11H13BrO3/c1-7-2-3-9(12)5-10(7)8(6-13)4-11(14)15/h2-3,5,8,13H,4,6H2,1H3,(H,14,15). The summed E-state index contributed by atoms with van der Waals surface area (Å²) >= 11 is 3.33. The number of aryl methyl sites for hydroxylation is 1. The molecule has 0 amide bonds. The molecule has 0 aliphatic heterocycles. The molecule has 0 fully saturated rings. The van der Waals surface area contributed by atoms with E-state index in [0.717, 1.165) is 15.6 Å². The fourth-order valence-electron chi connectivity index (χ4n) is 1.53. The number of aliphatic hydroxyl groups is 1. The molecule has 0 radical (unpaired) electrons. The highest BCUT2D eigenvalue weighted by Crippen LogP contribution is 2.25. The van der Waals surface area contributed by atoms with Gasteiger partial charge in [-0.05, 0) is 30.2 Å². The topological polar surface area (TPSA) is 57.5 Å². The van der Waals surface area contributed by atoms with Crippen LogP contribution in [0, 0.1) is 6.92 Å². The van der Waals surface area contributed by atoms with Crippen molar-refractivity contribution in [1.82, 2.24) is 0 Å². The zero-order valence-corrected chi connectivity index (χ0v) is 9.99. The van der Waals surface area contributed by atoms with Crippen molar-refractivity contribution in [3.8, 4) is 0 Å². The first-order valence-electron chi connectivity index (χ1n) is 4.63. The van der Waals surface area contributed by atoms with Gasteiger partial charge in [-0.3, -0.25) is 4.79 Å². The van der Waals surface area contributed by atoms with Gasteiger partial charge in [0.25, 0.3) is 0 Å². The fourth-order valence-corrected chi connectivity index (χ4v) is 1.91. The Morgan fingerprint density at radius 2 is 2.20 bits per heavy atom. The number of rotatable bonds is 4. The summed E-state index contributed by atoms with van der Waals surface area (Å²) in [4.78, 5) is 10.6. The number of halogens is 1. The van der Waals surface area contributed by atoms with Gasteiger partial charge >= 0.3 is 5.97 Å². The van der Waals surface area contributed by atoms with Gasteiger partial charge in [-0.15, -0.1) is 0 Å². The lowest BCUT2D eigenvalue weighted by atomic mass is 9.93. The van der Waals surface area contributed by atoms with Gasteiger partial charge in [-0.25, -0.2) is 0 Å². The van der Waals surface area contributed by atoms with E-state index in [4.69, 9.17) is 10.2 Å². The lowest BCUT2D eigenvalue weighted by molar-refractivity contribution is -0.137. The molecule has 0 bridgehead atoms. The first-order chi connectivity index (χ1) is 7.04. The number of hydrogen-bond donors (Lipinski definition) is 2. The van der Waals surface area contributed by atoms with E-state index in [1.54, 1.807) is 0 Å². The van der Waals surface area contributed by atoms with Gasteiger partial charge in [0.2, 0.25) is 0 Å². The smallest absolute Gasteiger partial charge is 0.304 e. The number of carboxylic acids is 1. The van der Waals surface area contributed by atoms with E-state index in [1.807, 2.05) is 25.1 Å². The average Bonchev–Trinajstić information content (AvgIpc) is 2.18. The van der Waals surface area contributed by atoms with Gasteiger partial charge in [0.05, 0.1) is 13.0 Å². The van der Waals surface area contributed by atoms with Crippen molar-refractivity contribution in [3.63, 3.8) is 0 Å². The Hall–Kier alpha value is -0.870. The summed E-state index contributed by atoms with van der Waals surface area (Å²) in [6, 6.07) is 5.66. The van der Waals surface area contributed by atoms with Crippen molar-refractivity contribution in [1.29, 1.82) is 0 Å². The summed E-state index contributed by atoms with van der Waals surface area (Å²) in [5.41, 5.74) is 1.88. The third kappa shape index (κ3) is 3.32. The molecule has 3 nitrogen and oxygen atoms in total. The van der Waals surface area contributed by atoms with E-state index >= 15 is 0 Å². The summed E-state index contributed by atoms with van der Waals surface area (Å²) in [6.45, 7) is 1.76. The molecule has 0 saturated carbocycles. The first kappa shape index (κ1) is 12.2. The minimum absolute atomic E-state index is 0.0478. The summed E-state index contributed by atoms with van der Waals surface area (Å²) in [5, 5.41) is 17.9. The molecular weight excluding hydrogens is 260 g/mol. The van der Waals surface area contributed by atoms with Crippen LogP contribution in [0.4, 0.5) is 0 Å². The lowest BCUT2D eigenvalue weighted by Gasteiger charge is -2.15. The number of carboxylic acid groups (broad SMARTS) is 1. The monoisotopic (exact) mass is 272 g/mol. The molecule has 1 aromatic rings. The van der Waals surface area contributed by atoms with Crippen molar-refractivity contribution in [2.45, 2.75) is 19.3 Å². The van der Waals surface area contributed by atoms with Crippen LogP contribution < -0.4 is 0 Å². The molecule has 0 saturated heterocycles. The van der Waals surface area contributed by atoms with Crippen molar-refractivity contribution in [2.75, 3.05) is 6.61 Å². The molecule has 0 aromatic heterocycles. The molecule has 0 heterocycles.